The Labute approximate surface area is 105 Å². The van der Waals surface area contributed by atoms with Crippen LogP contribution in [0.4, 0.5) is 0 Å². The average molecular weight is 274 g/mol. The van der Waals surface area contributed by atoms with Gasteiger partial charge >= 0.3 is 0 Å². The number of hydrogen-bond donors (Lipinski definition) is 0. The summed E-state index contributed by atoms with van der Waals surface area (Å²) in [5.41, 5.74) is 1.05. The van der Waals surface area contributed by atoms with Gasteiger partial charge in [0.2, 0.25) is 15.3 Å². The minimum absolute atomic E-state index is 0.0404. The molecule has 1 aromatic rings. The third-order valence-corrected chi connectivity index (χ3v) is 4.52. The maximum atomic E-state index is 12.2. The lowest BCUT2D eigenvalue weighted by Gasteiger charge is -2.25. The van der Waals surface area contributed by atoms with Crippen LogP contribution in [0.25, 0.3) is 0 Å². The molecule has 0 spiro atoms. The van der Waals surface area contributed by atoms with Crippen LogP contribution in [0.3, 0.4) is 0 Å². The molecule has 0 aromatic carbocycles. The van der Waals surface area contributed by atoms with Crippen molar-refractivity contribution in [3.8, 4) is 0 Å². The summed E-state index contributed by atoms with van der Waals surface area (Å²) in [5, 5.41) is 0.0404. The van der Waals surface area contributed by atoms with Crippen LogP contribution in [0, 0.1) is 0 Å². The summed E-state index contributed by atoms with van der Waals surface area (Å²) in [6, 6.07) is 0. The van der Waals surface area contributed by atoms with Gasteiger partial charge in [-0.05, 0) is 24.9 Å². The third-order valence-electron chi connectivity index (χ3n) is 2.53. The first kappa shape index (κ1) is 12.5. The molecule has 2 heterocycles. The Morgan fingerprint density at radius 2 is 2.00 bits per heavy atom. The molecule has 17 heavy (non-hydrogen) atoms. The lowest BCUT2D eigenvalue weighted by atomic mass is 10.2. The highest BCUT2D eigenvalue weighted by atomic mass is 35.5. The van der Waals surface area contributed by atoms with Gasteiger partial charge < -0.3 is 0 Å². The van der Waals surface area contributed by atoms with Gasteiger partial charge in [-0.25, -0.2) is 18.4 Å². The predicted molar refractivity (Wildman–Crippen MR) is 64.2 cm³/mol. The van der Waals surface area contributed by atoms with Crippen molar-refractivity contribution in [1.82, 2.24) is 14.3 Å². The zero-order chi connectivity index (χ0) is 12.5. The van der Waals surface area contributed by atoms with Crippen LogP contribution in [0.2, 0.25) is 5.28 Å². The zero-order valence-corrected chi connectivity index (χ0v) is 10.9. The van der Waals surface area contributed by atoms with Crippen molar-refractivity contribution in [2.75, 3.05) is 13.1 Å². The number of hydrogen-bond acceptors (Lipinski definition) is 4. The van der Waals surface area contributed by atoms with Crippen molar-refractivity contribution in [1.29, 1.82) is 0 Å². The standard InChI is InChI=1S/C10H12ClN3O2S/c1-8-3-2-4-14(7-8)17(15,16)9-5-12-10(11)13-6-9/h3,5-6H,2,4,7H2,1H3. The highest BCUT2D eigenvalue weighted by molar-refractivity contribution is 7.89. The predicted octanol–water partition coefficient (Wildman–Crippen LogP) is 1.47. The molecule has 0 amide bonds. The Balaban J connectivity index is 2.30. The molecule has 2 rings (SSSR count). The molecule has 0 saturated carbocycles. The van der Waals surface area contributed by atoms with Gasteiger partial charge in [0.15, 0.2) is 0 Å². The summed E-state index contributed by atoms with van der Waals surface area (Å²) in [5.74, 6) is 0. The van der Waals surface area contributed by atoms with E-state index < -0.39 is 10.0 Å². The summed E-state index contributed by atoms with van der Waals surface area (Å²) in [4.78, 5) is 7.47. The fraction of sp³-hybridized carbons (Fsp3) is 0.400. The van der Waals surface area contributed by atoms with E-state index in [1.807, 2.05) is 13.0 Å². The second-order valence-corrected chi connectivity index (χ2v) is 6.14. The molecule has 0 unspecified atom stereocenters. The molecule has 0 saturated heterocycles. The second-order valence-electron chi connectivity index (χ2n) is 3.87. The highest BCUT2D eigenvalue weighted by Crippen LogP contribution is 2.19. The van der Waals surface area contributed by atoms with E-state index in [9.17, 15) is 8.42 Å². The lowest BCUT2D eigenvalue weighted by Crippen LogP contribution is -2.35. The van der Waals surface area contributed by atoms with Gasteiger partial charge in [0, 0.05) is 13.1 Å². The molecule has 0 bridgehead atoms. The molecule has 1 aromatic heterocycles. The molecule has 0 aliphatic carbocycles. The third kappa shape index (κ3) is 2.65. The Bertz CT molecular complexity index is 539. The van der Waals surface area contributed by atoms with E-state index in [1.165, 1.54) is 16.7 Å². The number of rotatable bonds is 2. The molecule has 92 valence electrons. The molecule has 0 fully saturated rings. The van der Waals surface area contributed by atoms with Crippen LogP contribution in [0.1, 0.15) is 13.3 Å². The van der Waals surface area contributed by atoms with Crippen LogP contribution in [0.5, 0.6) is 0 Å². The van der Waals surface area contributed by atoms with Crippen molar-refractivity contribution < 1.29 is 8.42 Å². The molecular weight excluding hydrogens is 262 g/mol. The fourth-order valence-corrected chi connectivity index (χ4v) is 3.15. The molecule has 0 radical (unpaired) electrons. The van der Waals surface area contributed by atoms with Gasteiger partial charge in [0.05, 0.1) is 12.4 Å². The van der Waals surface area contributed by atoms with E-state index in [1.54, 1.807) is 0 Å². The molecule has 0 atom stereocenters. The SMILES string of the molecule is CC1=CCCN(S(=O)(=O)c2cnc(Cl)nc2)C1. The Kier molecular flexibility index (Phi) is 3.46. The number of sulfonamides is 1. The van der Waals surface area contributed by atoms with E-state index >= 15 is 0 Å². The molecular formula is C10H12ClN3O2S. The normalized spacial score (nSPS) is 17.9. The van der Waals surface area contributed by atoms with Crippen LogP contribution in [0.15, 0.2) is 28.9 Å². The average Bonchev–Trinajstić information content (AvgIpc) is 2.29. The summed E-state index contributed by atoms with van der Waals surface area (Å²) in [7, 11) is -3.50. The first-order valence-electron chi connectivity index (χ1n) is 5.13. The molecule has 1 aliphatic heterocycles. The first-order valence-corrected chi connectivity index (χ1v) is 6.95. The van der Waals surface area contributed by atoms with E-state index in [2.05, 4.69) is 9.97 Å². The lowest BCUT2D eigenvalue weighted by molar-refractivity contribution is 0.427. The second kappa shape index (κ2) is 4.72. The Morgan fingerprint density at radius 3 is 2.59 bits per heavy atom. The summed E-state index contributed by atoms with van der Waals surface area (Å²) in [6.07, 6.45) is 5.25. The molecule has 7 heteroatoms. The van der Waals surface area contributed by atoms with Gasteiger partial charge in [-0.2, -0.15) is 4.31 Å². The topological polar surface area (TPSA) is 63.2 Å². The quantitative estimate of drug-likeness (QED) is 0.605. The van der Waals surface area contributed by atoms with Crippen LogP contribution >= 0.6 is 11.6 Å². The molecule has 1 aliphatic rings. The minimum atomic E-state index is -3.50. The highest BCUT2D eigenvalue weighted by Gasteiger charge is 2.26. The van der Waals surface area contributed by atoms with Crippen LogP contribution < -0.4 is 0 Å². The number of halogens is 1. The Hall–Kier alpha value is -0.980. The summed E-state index contributed by atoms with van der Waals surface area (Å²) in [6.45, 7) is 2.83. The van der Waals surface area contributed by atoms with Gasteiger partial charge in [-0.1, -0.05) is 11.6 Å². The van der Waals surface area contributed by atoms with Crippen molar-refractivity contribution in [3.05, 3.63) is 29.3 Å². The smallest absolute Gasteiger partial charge is 0.225 e. The van der Waals surface area contributed by atoms with E-state index in [-0.39, 0.29) is 10.2 Å². The fourth-order valence-electron chi connectivity index (χ4n) is 1.66. The largest absolute Gasteiger partial charge is 0.246 e. The van der Waals surface area contributed by atoms with Gasteiger partial charge in [0.1, 0.15) is 4.90 Å². The maximum absolute atomic E-state index is 12.2. The van der Waals surface area contributed by atoms with Crippen molar-refractivity contribution >= 4 is 21.6 Å². The summed E-state index contributed by atoms with van der Waals surface area (Å²) >= 11 is 5.53. The van der Waals surface area contributed by atoms with Crippen molar-refractivity contribution in [3.63, 3.8) is 0 Å². The monoisotopic (exact) mass is 273 g/mol. The first-order chi connectivity index (χ1) is 8.00. The van der Waals surface area contributed by atoms with Crippen molar-refractivity contribution in [2.45, 2.75) is 18.2 Å². The minimum Gasteiger partial charge on any atom is -0.225 e. The zero-order valence-electron chi connectivity index (χ0n) is 9.30. The van der Waals surface area contributed by atoms with Crippen LogP contribution in [-0.4, -0.2) is 35.8 Å². The van der Waals surface area contributed by atoms with Crippen LogP contribution in [-0.2, 0) is 10.0 Å². The van der Waals surface area contributed by atoms with E-state index in [0.717, 1.165) is 12.0 Å². The Morgan fingerprint density at radius 1 is 1.35 bits per heavy atom. The number of nitrogens with zero attached hydrogens (tertiary/aromatic N) is 3. The number of aromatic nitrogens is 2. The summed E-state index contributed by atoms with van der Waals surface area (Å²) < 4.78 is 25.9. The van der Waals surface area contributed by atoms with Crippen molar-refractivity contribution in [2.24, 2.45) is 0 Å². The van der Waals surface area contributed by atoms with E-state index in [0.29, 0.717) is 13.1 Å². The van der Waals surface area contributed by atoms with Gasteiger partial charge in [-0.3, -0.25) is 0 Å². The van der Waals surface area contributed by atoms with E-state index in [4.69, 9.17) is 11.6 Å². The van der Waals surface area contributed by atoms with Gasteiger partial charge in [0.25, 0.3) is 0 Å². The molecule has 5 nitrogen and oxygen atoms in total. The molecule has 0 N–H and O–H groups in total. The van der Waals surface area contributed by atoms with Gasteiger partial charge in [-0.15, -0.1) is 0 Å². The maximum Gasteiger partial charge on any atom is 0.246 e.